The van der Waals surface area contributed by atoms with E-state index >= 15 is 0 Å². The highest BCUT2D eigenvalue weighted by atomic mass is 16.5. The van der Waals surface area contributed by atoms with E-state index in [1.54, 1.807) is 7.11 Å². The van der Waals surface area contributed by atoms with Crippen LogP contribution in [-0.2, 0) is 4.74 Å². The highest BCUT2D eigenvalue weighted by molar-refractivity contribution is 4.74. The molecule has 1 aliphatic heterocycles. The molecule has 1 atom stereocenters. The lowest BCUT2D eigenvalue weighted by atomic mass is 9.96. The molecule has 2 N–H and O–H groups in total. The van der Waals surface area contributed by atoms with Crippen LogP contribution in [0.2, 0.25) is 0 Å². The fraction of sp³-hybridized carbons (Fsp3) is 1.00. The van der Waals surface area contributed by atoms with Crippen LogP contribution in [0.4, 0.5) is 0 Å². The molecule has 0 bridgehead atoms. The second-order valence-corrected chi connectivity index (χ2v) is 4.71. The average molecular weight is 214 g/mol. The van der Waals surface area contributed by atoms with Gasteiger partial charge in [0.25, 0.3) is 0 Å². The molecule has 3 heteroatoms. The van der Waals surface area contributed by atoms with Gasteiger partial charge in [0.1, 0.15) is 0 Å². The number of ether oxygens (including phenoxy) is 1. The van der Waals surface area contributed by atoms with Crippen molar-refractivity contribution in [3.63, 3.8) is 0 Å². The van der Waals surface area contributed by atoms with E-state index in [1.807, 2.05) is 0 Å². The lowest BCUT2D eigenvalue weighted by molar-refractivity contribution is 0.0927. The second kappa shape index (κ2) is 7.20. The van der Waals surface area contributed by atoms with Crippen LogP contribution in [0.25, 0.3) is 0 Å². The SMILES string of the molecule is CCC(CN)CN1CCC(COC)CC1. The summed E-state index contributed by atoms with van der Waals surface area (Å²) in [6.45, 7) is 7.63. The molecule has 0 spiro atoms. The maximum atomic E-state index is 5.73. The first kappa shape index (κ1) is 12.9. The quantitative estimate of drug-likeness (QED) is 0.725. The minimum atomic E-state index is 0.684. The minimum Gasteiger partial charge on any atom is -0.384 e. The predicted octanol–water partition coefficient (Wildman–Crippen LogP) is 1.33. The summed E-state index contributed by atoms with van der Waals surface area (Å²) in [4.78, 5) is 2.56. The summed E-state index contributed by atoms with van der Waals surface area (Å²) >= 11 is 0. The molecule has 1 heterocycles. The predicted molar refractivity (Wildman–Crippen MR) is 63.9 cm³/mol. The molecule has 0 aliphatic carbocycles. The van der Waals surface area contributed by atoms with Crippen LogP contribution in [0.1, 0.15) is 26.2 Å². The highest BCUT2D eigenvalue weighted by Crippen LogP contribution is 2.18. The average Bonchev–Trinajstić information content (AvgIpc) is 2.28. The molecule has 1 fully saturated rings. The zero-order valence-corrected chi connectivity index (χ0v) is 10.2. The van der Waals surface area contributed by atoms with Crippen LogP contribution < -0.4 is 5.73 Å². The fourth-order valence-electron chi connectivity index (χ4n) is 2.31. The summed E-state index contributed by atoms with van der Waals surface area (Å²) in [5.41, 5.74) is 5.73. The largest absolute Gasteiger partial charge is 0.384 e. The summed E-state index contributed by atoms with van der Waals surface area (Å²) in [5, 5.41) is 0. The third-order valence-corrected chi connectivity index (χ3v) is 3.54. The molecule has 1 aliphatic rings. The van der Waals surface area contributed by atoms with Crippen molar-refractivity contribution < 1.29 is 4.74 Å². The van der Waals surface area contributed by atoms with Crippen molar-refractivity contribution in [2.45, 2.75) is 26.2 Å². The van der Waals surface area contributed by atoms with Gasteiger partial charge < -0.3 is 15.4 Å². The maximum absolute atomic E-state index is 5.73. The van der Waals surface area contributed by atoms with Crippen molar-refractivity contribution in [1.29, 1.82) is 0 Å². The topological polar surface area (TPSA) is 38.5 Å². The molecule has 3 nitrogen and oxygen atoms in total. The van der Waals surface area contributed by atoms with Crippen LogP contribution in [-0.4, -0.2) is 44.8 Å². The van der Waals surface area contributed by atoms with E-state index in [0.29, 0.717) is 5.92 Å². The standard InChI is InChI=1S/C12H26N2O/c1-3-11(8-13)9-14-6-4-12(5-7-14)10-15-2/h11-12H,3-10,13H2,1-2H3. The molecule has 0 amide bonds. The zero-order valence-electron chi connectivity index (χ0n) is 10.2. The summed E-state index contributed by atoms with van der Waals surface area (Å²) in [5.74, 6) is 1.47. The van der Waals surface area contributed by atoms with Crippen LogP contribution in [0.3, 0.4) is 0 Å². The van der Waals surface area contributed by atoms with Gasteiger partial charge in [-0.25, -0.2) is 0 Å². The Morgan fingerprint density at radius 3 is 2.53 bits per heavy atom. The van der Waals surface area contributed by atoms with Gasteiger partial charge >= 0.3 is 0 Å². The molecule has 0 aromatic carbocycles. The van der Waals surface area contributed by atoms with Gasteiger partial charge in [0.2, 0.25) is 0 Å². The lowest BCUT2D eigenvalue weighted by Crippen LogP contribution is -2.39. The van der Waals surface area contributed by atoms with Gasteiger partial charge in [-0.2, -0.15) is 0 Å². The molecule has 0 aromatic rings. The van der Waals surface area contributed by atoms with E-state index in [-0.39, 0.29) is 0 Å². The number of hydrogen-bond acceptors (Lipinski definition) is 3. The summed E-state index contributed by atoms with van der Waals surface area (Å²) < 4.78 is 5.20. The normalized spacial score (nSPS) is 21.8. The monoisotopic (exact) mass is 214 g/mol. The van der Waals surface area contributed by atoms with Crippen molar-refractivity contribution in [3.05, 3.63) is 0 Å². The first-order valence-electron chi connectivity index (χ1n) is 6.21. The Morgan fingerprint density at radius 1 is 1.40 bits per heavy atom. The second-order valence-electron chi connectivity index (χ2n) is 4.71. The van der Waals surface area contributed by atoms with E-state index in [2.05, 4.69) is 11.8 Å². The number of rotatable bonds is 6. The number of nitrogens with zero attached hydrogens (tertiary/aromatic N) is 1. The first-order chi connectivity index (χ1) is 7.30. The Hall–Kier alpha value is -0.120. The van der Waals surface area contributed by atoms with E-state index < -0.39 is 0 Å². The number of nitrogens with two attached hydrogens (primary N) is 1. The Bertz CT molecular complexity index is 152. The van der Waals surface area contributed by atoms with Gasteiger partial charge in [0, 0.05) is 20.3 Å². The number of hydrogen-bond donors (Lipinski definition) is 1. The van der Waals surface area contributed by atoms with Crippen LogP contribution in [0.5, 0.6) is 0 Å². The molecule has 0 saturated carbocycles. The van der Waals surface area contributed by atoms with E-state index in [9.17, 15) is 0 Å². The van der Waals surface area contributed by atoms with Gasteiger partial charge in [0.15, 0.2) is 0 Å². The van der Waals surface area contributed by atoms with Crippen LogP contribution >= 0.6 is 0 Å². The van der Waals surface area contributed by atoms with E-state index in [0.717, 1.165) is 19.1 Å². The molecular formula is C12H26N2O. The van der Waals surface area contributed by atoms with Crippen LogP contribution in [0.15, 0.2) is 0 Å². The van der Waals surface area contributed by atoms with Gasteiger partial charge in [-0.05, 0) is 44.3 Å². The molecule has 15 heavy (non-hydrogen) atoms. The third-order valence-electron chi connectivity index (χ3n) is 3.54. The third kappa shape index (κ3) is 4.49. The van der Waals surface area contributed by atoms with E-state index in [1.165, 1.54) is 38.9 Å². The Morgan fingerprint density at radius 2 is 2.07 bits per heavy atom. The zero-order chi connectivity index (χ0) is 11.1. The molecule has 1 unspecified atom stereocenters. The lowest BCUT2D eigenvalue weighted by Gasteiger charge is -2.33. The summed E-state index contributed by atoms with van der Waals surface area (Å²) in [6.07, 6.45) is 3.78. The Kier molecular flexibility index (Phi) is 6.22. The summed E-state index contributed by atoms with van der Waals surface area (Å²) in [6, 6.07) is 0. The molecule has 0 radical (unpaired) electrons. The van der Waals surface area contributed by atoms with Gasteiger partial charge in [-0.3, -0.25) is 0 Å². The van der Waals surface area contributed by atoms with Crippen LogP contribution in [0, 0.1) is 11.8 Å². The van der Waals surface area contributed by atoms with Crippen molar-refractivity contribution in [2.75, 3.05) is 39.9 Å². The number of methoxy groups -OCH3 is 1. The summed E-state index contributed by atoms with van der Waals surface area (Å²) in [7, 11) is 1.80. The molecular weight excluding hydrogens is 188 g/mol. The Labute approximate surface area is 94.0 Å². The van der Waals surface area contributed by atoms with Gasteiger partial charge in [-0.15, -0.1) is 0 Å². The number of likely N-dealkylation sites (tertiary alicyclic amines) is 1. The van der Waals surface area contributed by atoms with Gasteiger partial charge in [0.05, 0.1) is 0 Å². The van der Waals surface area contributed by atoms with Crippen molar-refractivity contribution >= 4 is 0 Å². The first-order valence-corrected chi connectivity index (χ1v) is 6.21. The number of piperidine rings is 1. The molecule has 1 saturated heterocycles. The fourth-order valence-corrected chi connectivity index (χ4v) is 2.31. The maximum Gasteiger partial charge on any atom is 0.0491 e. The molecule has 1 rings (SSSR count). The van der Waals surface area contributed by atoms with Gasteiger partial charge in [-0.1, -0.05) is 13.3 Å². The van der Waals surface area contributed by atoms with E-state index in [4.69, 9.17) is 10.5 Å². The van der Waals surface area contributed by atoms with Crippen molar-refractivity contribution in [2.24, 2.45) is 17.6 Å². The van der Waals surface area contributed by atoms with Crippen molar-refractivity contribution in [3.8, 4) is 0 Å². The van der Waals surface area contributed by atoms with Crippen molar-refractivity contribution in [1.82, 2.24) is 4.90 Å². The Balaban J connectivity index is 2.19. The molecule has 0 aromatic heterocycles. The smallest absolute Gasteiger partial charge is 0.0491 e. The molecule has 90 valence electrons. The minimum absolute atomic E-state index is 0.684. The highest BCUT2D eigenvalue weighted by Gasteiger charge is 2.20.